The van der Waals surface area contributed by atoms with Crippen molar-refractivity contribution in [1.82, 2.24) is 4.90 Å². The van der Waals surface area contributed by atoms with E-state index in [2.05, 4.69) is 12.1 Å². The molecule has 3 aliphatic rings. The van der Waals surface area contributed by atoms with Crippen LogP contribution < -0.4 is 4.74 Å². The molecule has 3 aromatic carbocycles. The summed E-state index contributed by atoms with van der Waals surface area (Å²) >= 11 is 0. The van der Waals surface area contributed by atoms with Crippen LogP contribution in [0.2, 0.25) is 6.32 Å². The van der Waals surface area contributed by atoms with Crippen molar-refractivity contribution in [3.05, 3.63) is 113 Å². The topological polar surface area (TPSA) is 76.1 Å². The molecular weight excluding hydrogens is 489 g/mol. The van der Waals surface area contributed by atoms with Gasteiger partial charge in [-0.3, -0.25) is 14.5 Å². The van der Waals surface area contributed by atoms with Gasteiger partial charge in [-0.15, -0.1) is 0 Å². The lowest BCUT2D eigenvalue weighted by molar-refractivity contribution is -0.140. The quantitative estimate of drug-likeness (QED) is 0.264. The van der Waals surface area contributed by atoms with Crippen LogP contribution in [0.25, 0.3) is 0 Å². The summed E-state index contributed by atoms with van der Waals surface area (Å²) in [6.45, 7) is 0.584. The lowest BCUT2D eigenvalue weighted by Gasteiger charge is -2.43. The number of hydrogen-bond donors (Lipinski definition) is 1. The standard InChI is InChI=1S/C32H32BNO5/c35-31-26-18-24(21-38-25-14-8-3-9-15-25)29-27(30(26)32(36)34(31)20-23-12-6-2-7-13-23)19-33(37)39-28(29)17-16-22-10-4-1-5-11-22/h1-15,26-28,30,37H,16-21H2/t26-,27+,28-,30-/m1/s1. The first-order valence-corrected chi connectivity index (χ1v) is 13.7. The van der Waals surface area contributed by atoms with Crippen LogP contribution in [-0.4, -0.2) is 41.6 Å². The van der Waals surface area contributed by atoms with Crippen molar-refractivity contribution in [2.75, 3.05) is 6.61 Å². The maximum atomic E-state index is 13.8. The summed E-state index contributed by atoms with van der Waals surface area (Å²) in [6, 6.07) is 29.4. The molecule has 2 fully saturated rings. The maximum Gasteiger partial charge on any atom is 0.455 e. The summed E-state index contributed by atoms with van der Waals surface area (Å²) in [5, 5.41) is 10.8. The van der Waals surface area contributed by atoms with E-state index >= 15 is 0 Å². The van der Waals surface area contributed by atoms with Gasteiger partial charge in [-0.1, -0.05) is 78.9 Å². The largest absolute Gasteiger partial charge is 0.489 e. The van der Waals surface area contributed by atoms with Gasteiger partial charge < -0.3 is 14.4 Å². The van der Waals surface area contributed by atoms with Crippen LogP contribution in [0.15, 0.2) is 102 Å². The number of fused-ring (bicyclic) bond motifs is 3. The van der Waals surface area contributed by atoms with Crippen molar-refractivity contribution in [2.24, 2.45) is 17.8 Å². The monoisotopic (exact) mass is 521 g/mol. The molecule has 2 heterocycles. The molecule has 3 aromatic rings. The summed E-state index contributed by atoms with van der Waals surface area (Å²) in [5.41, 5.74) is 4.16. The van der Waals surface area contributed by atoms with Gasteiger partial charge in [-0.2, -0.15) is 0 Å². The van der Waals surface area contributed by atoms with E-state index in [0.29, 0.717) is 25.8 Å². The Bertz CT molecular complexity index is 1350. The van der Waals surface area contributed by atoms with E-state index in [1.165, 1.54) is 10.5 Å². The zero-order valence-corrected chi connectivity index (χ0v) is 21.8. The Balaban J connectivity index is 1.32. The number of imide groups is 1. The minimum Gasteiger partial charge on any atom is -0.489 e. The molecule has 0 aromatic heterocycles. The van der Waals surface area contributed by atoms with Crippen LogP contribution in [0.1, 0.15) is 24.0 Å². The number of amides is 2. The Hall–Kier alpha value is -3.68. The molecule has 7 heteroatoms. The van der Waals surface area contributed by atoms with Gasteiger partial charge in [0.15, 0.2) is 0 Å². The van der Waals surface area contributed by atoms with E-state index < -0.39 is 19.0 Å². The Morgan fingerprint density at radius 2 is 1.49 bits per heavy atom. The second-order valence-corrected chi connectivity index (χ2v) is 10.7. The number of nitrogens with zero attached hydrogens (tertiary/aromatic N) is 1. The van der Waals surface area contributed by atoms with Gasteiger partial charge >= 0.3 is 7.12 Å². The summed E-state index contributed by atoms with van der Waals surface area (Å²) in [6.07, 6.45) is 1.86. The predicted molar refractivity (Wildman–Crippen MR) is 148 cm³/mol. The molecule has 2 saturated heterocycles. The molecule has 198 valence electrons. The smallest absolute Gasteiger partial charge is 0.455 e. The normalized spacial score (nSPS) is 24.5. The highest BCUT2D eigenvalue weighted by molar-refractivity contribution is 6.43. The first kappa shape index (κ1) is 25.6. The highest BCUT2D eigenvalue weighted by Crippen LogP contribution is 2.50. The van der Waals surface area contributed by atoms with Crippen molar-refractivity contribution in [1.29, 1.82) is 0 Å². The van der Waals surface area contributed by atoms with Gasteiger partial charge in [-0.25, -0.2) is 0 Å². The number of hydrogen-bond acceptors (Lipinski definition) is 5. The van der Waals surface area contributed by atoms with Gasteiger partial charge in [0, 0.05) is 0 Å². The van der Waals surface area contributed by atoms with E-state index in [0.717, 1.165) is 28.9 Å². The number of rotatable bonds is 8. The SMILES string of the molecule is O=C1[C@@H]2[C@@H](CC(COc3ccccc3)=C3[C@@H](CCc4ccccc4)OB(O)C[C@@H]32)C(=O)N1Cc1ccccc1. The average Bonchev–Trinajstić information content (AvgIpc) is 3.20. The molecule has 2 amide bonds. The van der Waals surface area contributed by atoms with Crippen molar-refractivity contribution in [3.8, 4) is 5.75 Å². The first-order chi connectivity index (χ1) is 19.1. The Kier molecular flexibility index (Phi) is 7.35. The van der Waals surface area contributed by atoms with Crippen molar-refractivity contribution in [3.63, 3.8) is 0 Å². The van der Waals surface area contributed by atoms with Gasteiger partial charge in [0.25, 0.3) is 0 Å². The first-order valence-electron chi connectivity index (χ1n) is 13.7. The number of aryl methyl sites for hydroxylation is 1. The summed E-state index contributed by atoms with van der Waals surface area (Å²) in [4.78, 5) is 28.9. The molecule has 6 rings (SSSR count). The van der Waals surface area contributed by atoms with Crippen LogP contribution in [0.5, 0.6) is 5.75 Å². The highest BCUT2D eigenvalue weighted by atomic mass is 16.5. The van der Waals surface area contributed by atoms with Gasteiger partial charge in [0.1, 0.15) is 12.4 Å². The molecular formula is C32H32BNO5. The molecule has 0 unspecified atom stereocenters. The molecule has 0 saturated carbocycles. The highest BCUT2D eigenvalue weighted by Gasteiger charge is 2.57. The second kappa shape index (κ2) is 11.2. The predicted octanol–water partition coefficient (Wildman–Crippen LogP) is 4.70. The van der Waals surface area contributed by atoms with Crippen LogP contribution in [0.4, 0.5) is 0 Å². The van der Waals surface area contributed by atoms with Crippen LogP contribution in [-0.2, 0) is 27.2 Å². The fraction of sp³-hybridized carbons (Fsp3) is 0.312. The van der Waals surface area contributed by atoms with E-state index in [4.69, 9.17) is 9.39 Å². The lowest BCUT2D eigenvalue weighted by atomic mass is 9.58. The number of ether oxygens (including phenoxy) is 1. The number of carbonyl (C=O) groups is 2. The van der Waals surface area contributed by atoms with Crippen molar-refractivity contribution >= 4 is 18.9 Å². The van der Waals surface area contributed by atoms with E-state index in [1.807, 2.05) is 78.9 Å². The lowest BCUT2D eigenvalue weighted by Crippen LogP contribution is -2.46. The van der Waals surface area contributed by atoms with E-state index in [9.17, 15) is 14.6 Å². The summed E-state index contributed by atoms with van der Waals surface area (Å²) < 4.78 is 12.3. The summed E-state index contributed by atoms with van der Waals surface area (Å²) in [7, 11) is -0.986. The minimum absolute atomic E-state index is 0.132. The maximum absolute atomic E-state index is 13.8. The Labute approximate surface area is 229 Å². The molecule has 0 bridgehead atoms. The molecule has 1 N–H and O–H groups in total. The minimum atomic E-state index is -0.986. The molecule has 0 radical (unpaired) electrons. The number of benzene rings is 3. The van der Waals surface area contributed by atoms with Crippen LogP contribution in [0, 0.1) is 17.8 Å². The van der Waals surface area contributed by atoms with E-state index in [1.54, 1.807) is 0 Å². The van der Waals surface area contributed by atoms with Crippen molar-refractivity contribution < 1.29 is 24.0 Å². The number of carbonyl (C=O) groups excluding carboxylic acids is 2. The molecule has 0 spiro atoms. The van der Waals surface area contributed by atoms with Gasteiger partial charge in [0.05, 0.1) is 24.5 Å². The van der Waals surface area contributed by atoms with Gasteiger partial charge in [-0.05, 0) is 65.9 Å². The van der Waals surface area contributed by atoms with Crippen LogP contribution >= 0.6 is 0 Å². The number of para-hydroxylation sites is 1. The molecule has 1 aliphatic carbocycles. The molecule has 4 atom stereocenters. The van der Waals surface area contributed by atoms with Crippen LogP contribution in [0.3, 0.4) is 0 Å². The zero-order chi connectivity index (χ0) is 26.8. The third-order valence-electron chi connectivity index (χ3n) is 8.28. The molecule has 6 nitrogen and oxygen atoms in total. The van der Waals surface area contributed by atoms with Crippen molar-refractivity contribution in [2.45, 2.75) is 38.2 Å². The molecule has 2 aliphatic heterocycles. The number of likely N-dealkylation sites (tertiary alicyclic amines) is 1. The van der Waals surface area contributed by atoms with Gasteiger partial charge in [0.2, 0.25) is 11.8 Å². The molecule has 39 heavy (non-hydrogen) atoms. The fourth-order valence-electron chi connectivity index (χ4n) is 6.51. The fourth-order valence-corrected chi connectivity index (χ4v) is 6.51. The third kappa shape index (κ3) is 5.29. The second-order valence-electron chi connectivity index (χ2n) is 10.7. The average molecular weight is 521 g/mol. The summed E-state index contributed by atoms with van der Waals surface area (Å²) in [5.74, 6) is -0.734. The Morgan fingerprint density at radius 3 is 2.18 bits per heavy atom. The van der Waals surface area contributed by atoms with E-state index in [-0.39, 0.29) is 30.4 Å². The third-order valence-corrected chi connectivity index (χ3v) is 8.28. The zero-order valence-electron chi connectivity index (χ0n) is 21.8. The Morgan fingerprint density at radius 1 is 0.846 bits per heavy atom.